The van der Waals surface area contributed by atoms with Crippen LogP contribution >= 0.6 is 0 Å². The Labute approximate surface area is 113 Å². The van der Waals surface area contributed by atoms with E-state index in [0.717, 1.165) is 16.8 Å². The molecule has 0 saturated carbocycles. The van der Waals surface area contributed by atoms with Crippen LogP contribution in [0.4, 0.5) is 0 Å². The fourth-order valence-corrected chi connectivity index (χ4v) is 2.50. The zero-order valence-corrected chi connectivity index (χ0v) is 11.4. The van der Waals surface area contributed by atoms with E-state index in [0.29, 0.717) is 6.42 Å². The molecule has 0 bridgehead atoms. The molecule has 0 radical (unpaired) electrons. The molecule has 0 amide bonds. The lowest BCUT2D eigenvalue weighted by Crippen LogP contribution is -2.38. The average molecular weight is 260 g/mol. The molecular weight excluding hydrogens is 240 g/mol. The quantitative estimate of drug-likeness (QED) is 0.849. The van der Waals surface area contributed by atoms with E-state index in [-0.39, 0.29) is 13.2 Å². The first-order valence-corrected chi connectivity index (χ1v) is 6.38. The van der Waals surface area contributed by atoms with Gasteiger partial charge in [-0.3, -0.25) is 4.68 Å². The van der Waals surface area contributed by atoms with Gasteiger partial charge < -0.3 is 10.2 Å². The van der Waals surface area contributed by atoms with E-state index < -0.39 is 5.41 Å². The zero-order valence-electron chi connectivity index (χ0n) is 11.4. The van der Waals surface area contributed by atoms with Crippen molar-refractivity contribution in [1.82, 2.24) is 9.78 Å². The van der Waals surface area contributed by atoms with Crippen molar-refractivity contribution in [2.24, 2.45) is 7.05 Å². The highest BCUT2D eigenvalue weighted by atomic mass is 16.3. The fraction of sp³-hybridized carbons (Fsp3) is 0.400. The molecule has 2 aromatic rings. The van der Waals surface area contributed by atoms with E-state index in [4.69, 9.17) is 0 Å². The molecule has 2 rings (SSSR count). The van der Waals surface area contributed by atoms with Crippen LogP contribution in [0.2, 0.25) is 0 Å². The van der Waals surface area contributed by atoms with Crippen molar-refractivity contribution in [2.45, 2.75) is 18.8 Å². The Morgan fingerprint density at radius 3 is 2.37 bits per heavy atom. The maximum absolute atomic E-state index is 9.83. The number of nitrogens with zero attached hydrogens (tertiary/aromatic N) is 2. The zero-order chi connectivity index (χ0) is 13.9. The molecule has 1 aromatic heterocycles. The summed E-state index contributed by atoms with van der Waals surface area (Å²) in [5.74, 6) is 0. The molecule has 1 aromatic carbocycles. The van der Waals surface area contributed by atoms with E-state index in [9.17, 15) is 10.2 Å². The van der Waals surface area contributed by atoms with Crippen LogP contribution < -0.4 is 0 Å². The normalized spacial score (nSPS) is 11.8. The van der Waals surface area contributed by atoms with Gasteiger partial charge in [0.05, 0.1) is 18.9 Å². The van der Waals surface area contributed by atoms with Gasteiger partial charge in [0.15, 0.2) is 0 Å². The van der Waals surface area contributed by atoms with Gasteiger partial charge in [-0.2, -0.15) is 5.10 Å². The second-order valence-corrected chi connectivity index (χ2v) is 5.07. The first-order valence-electron chi connectivity index (χ1n) is 6.38. The predicted molar refractivity (Wildman–Crippen MR) is 73.9 cm³/mol. The molecule has 0 unspecified atom stereocenters. The Bertz CT molecular complexity index is 545. The highest BCUT2D eigenvalue weighted by molar-refractivity contribution is 5.35. The SMILES string of the molecule is Cc1ccccc1C(CO)(CO)Cc1ccn(C)n1. The molecule has 102 valence electrons. The Balaban J connectivity index is 2.40. The van der Waals surface area contributed by atoms with Gasteiger partial charge in [0.2, 0.25) is 0 Å². The van der Waals surface area contributed by atoms with Crippen LogP contribution in [0, 0.1) is 6.92 Å². The standard InChI is InChI=1S/C15H20N2O2/c1-12-5-3-4-6-14(12)15(10-18,11-19)9-13-7-8-17(2)16-13/h3-8,18-19H,9-11H2,1-2H3. The van der Waals surface area contributed by atoms with Gasteiger partial charge in [-0.15, -0.1) is 0 Å². The van der Waals surface area contributed by atoms with E-state index in [1.807, 2.05) is 50.5 Å². The summed E-state index contributed by atoms with van der Waals surface area (Å²) in [4.78, 5) is 0. The molecule has 4 heteroatoms. The lowest BCUT2D eigenvalue weighted by Gasteiger charge is -2.31. The van der Waals surface area contributed by atoms with Crippen molar-refractivity contribution in [3.63, 3.8) is 0 Å². The molecule has 4 nitrogen and oxygen atoms in total. The van der Waals surface area contributed by atoms with Gasteiger partial charge in [-0.25, -0.2) is 0 Å². The first-order chi connectivity index (χ1) is 9.11. The number of hydrogen-bond donors (Lipinski definition) is 2. The second-order valence-electron chi connectivity index (χ2n) is 5.07. The summed E-state index contributed by atoms with van der Waals surface area (Å²) < 4.78 is 1.73. The Kier molecular flexibility index (Phi) is 4.02. The number of aryl methyl sites for hydroxylation is 2. The molecular formula is C15H20N2O2. The van der Waals surface area contributed by atoms with Crippen molar-refractivity contribution >= 4 is 0 Å². The Morgan fingerprint density at radius 1 is 1.16 bits per heavy atom. The summed E-state index contributed by atoms with van der Waals surface area (Å²) in [5.41, 5.74) is 2.24. The van der Waals surface area contributed by atoms with E-state index >= 15 is 0 Å². The topological polar surface area (TPSA) is 58.3 Å². The van der Waals surface area contributed by atoms with Gasteiger partial charge in [-0.05, 0) is 24.1 Å². The molecule has 0 aliphatic rings. The van der Waals surface area contributed by atoms with Crippen LogP contribution in [0.3, 0.4) is 0 Å². The number of aliphatic hydroxyl groups excluding tert-OH is 2. The number of rotatable bonds is 5. The van der Waals surface area contributed by atoms with Gasteiger partial charge in [0, 0.05) is 25.1 Å². The predicted octanol–water partition coefficient (Wildman–Crippen LogP) is 1.19. The lowest BCUT2D eigenvalue weighted by molar-refractivity contribution is 0.115. The molecule has 1 heterocycles. The molecule has 2 N–H and O–H groups in total. The largest absolute Gasteiger partial charge is 0.395 e. The van der Waals surface area contributed by atoms with E-state index in [2.05, 4.69) is 5.10 Å². The third-order valence-corrected chi connectivity index (χ3v) is 3.61. The lowest BCUT2D eigenvalue weighted by atomic mass is 9.76. The molecule has 0 atom stereocenters. The second kappa shape index (κ2) is 5.55. The third kappa shape index (κ3) is 2.69. The highest BCUT2D eigenvalue weighted by Gasteiger charge is 2.33. The van der Waals surface area contributed by atoms with Crippen molar-refractivity contribution in [3.05, 3.63) is 53.3 Å². The van der Waals surface area contributed by atoms with Crippen LogP contribution in [0.15, 0.2) is 36.5 Å². The fourth-order valence-electron chi connectivity index (χ4n) is 2.50. The van der Waals surface area contributed by atoms with Crippen molar-refractivity contribution in [2.75, 3.05) is 13.2 Å². The van der Waals surface area contributed by atoms with Crippen molar-refractivity contribution in [1.29, 1.82) is 0 Å². The first kappa shape index (κ1) is 13.8. The maximum atomic E-state index is 9.83. The number of benzene rings is 1. The van der Waals surface area contributed by atoms with Crippen molar-refractivity contribution in [3.8, 4) is 0 Å². The number of aliphatic hydroxyl groups is 2. The average Bonchev–Trinajstić information content (AvgIpc) is 2.82. The third-order valence-electron chi connectivity index (χ3n) is 3.61. The highest BCUT2D eigenvalue weighted by Crippen LogP contribution is 2.29. The molecule has 0 spiro atoms. The monoisotopic (exact) mass is 260 g/mol. The van der Waals surface area contributed by atoms with Crippen LogP contribution in [0.5, 0.6) is 0 Å². The van der Waals surface area contributed by atoms with E-state index in [1.165, 1.54) is 0 Å². The summed E-state index contributed by atoms with van der Waals surface area (Å²) in [6.45, 7) is 1.78. The number of hydrogen-bond acceptors (Lipinski definition) is 3. The van der Waals surface area contributed by atoms with Gasteiger partial charge in [-0.1, -0.05) is 24.3 Å². The maximum Gasteiger partial charge on any atom is 0.0635 e. The minimum atomic E-state index is -0.681. The summed E-state index contributed by atoms with van der Waals surface area (Å²) >= 11 is 0. The Morgan fingerprint density at radius 2 is 1.84 bits per heavy atom. The van der Waals surface area contributed by atoms with Crippen LogP contribution in [-0.4, -0.2) is 33.2 Å². The molecule has 0 saturated heterocycles. The summed E-state index contributed by atoms with van der Waals surface area (Å²) in [5, 5.41) is 24.0. The van der Waals surface area contributed by atoms with Crippen LogP contribution in [0.1, 0.15) is 16.8 Å². The van der Waals surface area contributed by atoms with E-state index in [1.54, 1.807) is 4.68 Å². The van der Waals surface area contributed by atoms with Crippen LogP contribution in [0.25, 0.3) is 0 Å². The minimum absolute atomic E-state index is 0.106. The molecule has 0 aliphatic heterocycles. The van der Waals surface area contributed by atoms with Crippen LogP contribution in [-0.2, 0) is 18.9 Å². The summed E-state index contributed by atoms with van der Waals surface area (Å²) in [7, 11) is 1.86. The van der Waals surface area contributed by atoms with Crippen molar-refractivity contribution < 1.29 is 10.2 Å². The minimum Gasteiger partial charge on any atom is -0.395 e. The summed E-state index contributed by atoms with van der Waals surface area (Å²) in [6, 6.07) is 9.76. The Hall–Kier alpha value is -1.65. The molecule has 0 fully saturated rings. The van der Waals surface area contributed by atoms with Gasteiger partial charge >= 0.3 is 0 Å². The smallest absolute Gasteiger partial charge is 0.0635 e. The number of aromatic nitrogens is 2. The van der Waals surface area contributed by atoms with Gasteiger partial charge in [0.25, 0.3) is 0 Å². The molecule has 19 heavy (non-hydrogen) atoms. The summed E-state index contributed by atoms with van der Waals surface area (Å²) in [6.07, 6.45) is 2.39. The van der Waals surface area contributed by atoms with Gasteiger partial charge in [0.1, 0.15) is 0 Å². The molecule has 0 aliphatic carbocycles.